The van der Waals surface area contributed by atoms with Crippen LogP contribution < -0.4 is 10.6 Å². The van der Waals surface area contributed by atoms with Crippen LogP contribution in [0.25, 0.3) is 22.5 Å². The zero-order valence-corrected chi connectivity index (χ0v) is 29.8. The number of aryl methyl sites for hydroxylation is 2. The van der Waals surface area contributed by atoms with Gasteiger partial charge in [0.15, 0.2) is 10.3 Å². The van der Waals surface area contributed by atoms with Gasteiger partial charge in [-0.2, -0.15) is 10.2 Å². The highest BCUT2D eigenvalue weighted by atomic mass is 32.1. The summed E-state index contributed by atoms with van der Waals surface area (Å²) in [4.78, 5) is 29.4. The van der Waals surface area contributed by atoms with Crippen molar-refractivity contribution in [3.8, 4) is 22.5 Å². The van der Waals surface area contributed by atoms with E-state index in [0.29, 0.717) is 11.9 Å². The molecule has 1 unspecified atom stereocenters. The Morgan fingerprint density at radius 1 is 0.809 bits per heavy atom. The van der Waals surface area contributed by atoms with Crippen LogP contribution in [0.3, 0.4) is 0 Å². The summed E-state index contributed by atoms with van der Waals surface area (Å²) in [5, 5.41) is 19.8. The fourth-order valence-corrected chi connectivity index (χ4v) is 8.83. The third kappa shape index (κ3) is 6.07. The molecule has 0 saturated heterocycles. The third-order valence-corrected chi connectivity index (χ3v) is 11.7. The Kier molecular flexibility index (Phi) is 7.96. The van der Waals surface area contributed by atoms with Crippen molar-refractivity contribution in [1.29, 1.82) is 0 Å². The van der Waals surface area contributed by atoms with Crippen molar-refractivity contribution in [1.82, 2.24) is 49.7 Å². The second kappa shape index (κ2) is 11.9. The lowest BCUT2D eigenvalue weighted by Crippen LogP contribution is -2.25. The lowest BCUT2D eigenvalue weighted by molar-refractivity contribution is 0.516. The zero-order valence-electron chi connectivity index (χ0n) is 27.2. The van der Waals surface area contributed by atoms with Gasteiger partial charge in [0.1, 0.15) is 7.57 Å². The summed E-state index contributed by atoms with van der Waals surface area (Å²) in [6, 6.07) is 3.75. The molecule has 6 aromatic heterocycles. The van der Waals surface area contributed by atoms with Crippen molar-refractivity contribution in [2.75, 3.05) is 17.3 Å². The smallest absolute Gasteiger partial charge is 0.229 e. The van der Waals surface area contributed by atoms with Gasteiger partial charge in [0.05, 0.1) is 29.5 Å². The first kappa shape index (κ1) is 31.5. The molecule has 6 heterocycles. The number of anilines is 4. The first-order valence-electron chi connectivity index (χ1n) is 15.1. The summed E-state index contributed by atoms with van der Waals surface area (Å²) in [6.07, 6.45) is 9.09. The molecule has 2 radical (unpaired) electrons. The number of aromatic nitrogens is 10. The molecular formula is C31H34BN12PS2. The number of nitrogens with one attached hydrogen (secondary N) is 3. The summed E-state index contributed by atoms with van der Waals surface area (Å²) in [5.41, 5.74) is 8.40. The molecule has 0 fully saturated rings. The summed E-state index contributed by atoms with van der Waals surface area (Å²) in [5.74, 6) is 1.15. The molecule has 1 atom stereocenters. The van der Waals surface area contributed by atoms with Crippen molar-refractivity contribution in [3.63, 3.8) is 0 Å². The average Bonchev–Trinajstić information content (AvgIpc) is 3.78. The van der Waals surface area contributed by atoms with E-state index in [4.69, 9.17) is 17.5 Å². The first-order valence-corrected chi connectivity index (χ1v) is 18.6. The number of fused-ring (bicyclic) bond motifs is 6. The van der Waals surface area contributed by atoms with Gasteiger partial charge >= 0.3 is 0 Å². The van der Waals surface area contributed by atoms with E-state index in [2.05, 4.69) is 73.6 Å². The predicted octanol–water partition coefficient (Wildman–Crippen LogP) is 6.85. The molecule has 0 aromatic carbocycles. The highest BCUT2D eigenvalue weighted by Crippen LogP contribution is 2.49. The van der Waals surface area contributed by atoms with Gasteiger partial charge in [-0.3, -0.25) is 9.55 Å². The molecular weight excluding hydrogens is 646 g/mol. The molecule has 238 valence electrons. The topological polar surface area (TPSA) is 148 Å². The van der Waals surface area contributed by atoms with Crippen molar-refractivity contribution >= 4 is 60.3 Å². The molecule has 2 aliphatic carbocycles. The van der Waals surface area contributed by atoms with Crippen LogP contribution in [0.2, 0.25) is 0 Å². The zero-order chi connectivity index (χ0) is 33.1. The van der Waals surface area contributed by atoms with E-state index in [-0.39, 0.29) is 10.8 Å². The van der Waals surface area contributed by atoms with Gasteiger partial charge in [-0.25, -0.2) is 29.9 Å². The van der Waals surface area contributed by atoms with Gasteiger partial charge in [0.2, 0.25) is 11.9 Å². The first-order chi connectivity index (χ1) is 22.4. The number of hydrogen-bond donors (Lipinski definition) is 3. The minimum absolute atomic E-state index is 0.0173. The molecule has 0 amide bonds. The Morgan fingerprint density at radius 2 is 1.36 bits per heavy atom. The van der Waals surface area contributed by atoms with Crippen LogP contribution >= 0.6 is 30.6 Å². The molecule has 6 aromatic rings. The number of rotatable bonds is 5. The molecule has 47 heavy (non-hydrogen) atoms. The number of hydrogen-bond acceptors (Lipinski definition) is 12. The van der Waals surface area contributed by atoms with Gasteiger partial charge in [0.25, 0.3) is 0 Å². The molecule has 0 bridgehead atoms. The second-order valence-electron chi connectivity index (χ2n) is 13.0. The highest BCUT2D eigenvalue weighted by molar-refractivity contribution is 7.80. The molecule has 16 heteroatoms. The molecule has 8 rings (SSSR count). The summed E-state index contributed by atoms with van der Waals surface area (Å²) in [7, 11) is 5.34. The second-order valence-corrected chi connectivity index (χ2v) is 16.6. The Bertz CT molecular complexity index is 2090. The van der Waals surface area contributed by atoms with E-state index in [1.165, 1.54) is 15.4 Å². The number of nitrogens with zero attached hydrogens (tertiary/aromatic N) is 9. The van der Waals surface area contributed by atoms with Gasteiger partial charge in [-0.1, -0.05) is 27.7 Å². The van der Waals surface area contributed by atoms with Crippen molar-refractivity contribution < 1.29 is 0 Å². The summed E-state index contributed by atoms with van der Waals surface area (Å²) >= 11 is 3.33. The van der Waals surface area contributed by atoms with Crippen LogP contribution in [0.4, 0.5) is 22.2 Å². The number of aromatic amines is 1. The van der Waals surface area contributed by atoms with Crippen LogP contribution in [0, 0.1) is 13.8 Å². The maximum absolute atomic E-state index is 6.13. The monoisotopic (exact) mass is 680 g/mol. The van der Waals surface area contributed by atoms with Crippen LogP contribution in [0.5, 0.6) is 0 Å². The van der Waals surface area contributed by atoms with E-state index in [1.54, 1.807) is 35.1 Å². The van der Waals surface area contributed by atoms with Crippen LogP contribution in [-0.2, 0) is 23.7 Å². The van der Waals surface area contributed by atoms with Crippen LogP contribution in [-0.4, -0.2) is 63.9 Å². The Hall–Kier alpha value is -4.07. The van der Waals surface area contributed by atoms with Gasteiger partial charge in [-0.05, 0) is 47.0 Å². The lowest BCUT2D eigenvalue weighted by atomic mass is 9.79. The highest BCUT2D eigenvalue weighted by Gasteiger charge is 2.38. The molecule has 3 N–H and O–H groups in total. The largest absolute Gasteiger partial charge is 0.300 e. The molecule has 2 aliphatic rings. The standard InChI is InChI=1S/C16H18BN6PS.C15H16N6S/c1-9-5-6-18-14(20-9)22-15-21-12-10-8-19-23(24(4)17)11(10)7-16(2,3)13(12)25-15;1-8-4-5-16-13(18-8)20-14-19-11-9-7-17-21-10(9)6-15(2,3)12(11)22-14/h5-6,8H,7H2,1-4H3,(H,18,20,21,22);4-5,7H,6H2,1-3H3,(H,17,21)(H,16,18,19,20). The molecule has 0 saturated carbocycles. The maximum atomic E-state index is 6.13. The normalized spacial score (nSPS) is 15.7. The van der Waals surface area contributed by atoms with Crippen molar-refractivity contribution in [3.05, 3.63) is 69.5 Å². The maximum Gasteiger partial charge on any atom is 0.229 e. The van der Waals surface area contributed by atoms with Crippen LogP contribution in [0.1, 0.15) is 60.2 Å². The van der Waals surface area contributed by atoms with Crippen molar-refractivity contribution in [2.45, 2.75) is 65.2 Å². The van der Waals surface area contributed by atoms with Crippen LogP contribution in [0.15, 0.2) is 36.9 Å². The Labute approximate surface area is 283 Å². The Morgan fingerprint density at radius 3 is 1.91 bits per heavy atom. The van der Waals surface area contributed by atoms with Crippen molar-refractivity contribution in [2.24, 2.45) is 0 Å². The fraction of sp³-hybridized carbons (Fsp3) is 0.355. The minimum atomic E-state index is -0.795. The summed E-state index contributed by atoms with van der Waals surface area (Å²) < 4.78 is 1.96. The number of H-pyrrole nitrogens is 1. The van der Waals surface area contributed by atoms with Gasteiger partial charge in [-0.15, -0.1) is 22.7 Å². The van der Waals surface area contributed by atoms with E-state index in [1.807, 2.05) is 49.5 Å². The number of thiazole rings is 2. The summed E-state index contributed by atoms with van der Waals surface area (Å²) in [6.45, 7) is 14.9. The minimum Gasteiger partial charge on any atom is -0.300 e. The fourth-order valence-electron chi connectivity index (χ4n) is 5.91. The average molecular weight is 681 g/mol. The van der Waals surface area contributed by atoms with E-state index in [0.717, 1.165) is 62.7 Å². The molecule has 12 nitrogen and oxygen atoms in total. The van der Waals surface area contributed by atoms with E-state index >= 15 is 0 Å². The van der Waals surface area contributed by atoms with Gasteiger partial charge < -0.3 is 10.6 Å². The predicted molar refractivity (Wildman–Crippen MR) is 191 cm³/mol. The SMILES string of the molecule is Cc1ccnc(Nc2nc3c(s2)C(C)(C)Cc2[nH]ncc2-3)n1.[B]P(C)n1ncc2c1CC(C)(C)c1sc(Nc3nccc(C)n3)nc1-2. The van der Waals surface area contributed by atoms with E-state index in [9.17, 15) is 0 Å². The third-order valence-electron chi connectivity index (χ3n) is 8.11. The van der Waals surface area contributed by atoms with Gasteiger partial charge in [0, 0.05) is 67.6 Å². The Balaban J connectivity index is 0.000000151. The van der Waals surface area contributed by atoms with E-state index < -0.39 is 7.95 Å². The molecule has 0 spiro atoms. The quantitative estimate of drug-likeness (QED) is 0.130. The molecule has 0 aliphatic heterocycles. The lowest BCUT2D eigenvalue weighted by Gasteiger charge is -2.29.